The van der Waals surface area contributed by atoms with E-state index in [1.54, 1.807) is 77.0 Å². The normalized spacial score (nSPS) is 33.8. The van der Waals surface area contributed by atoms with Gasteiger partial charge >= 0.3 is 0 Å². The Morgan fingerprint density at radius 3 is 1.17 bits per heavy atom. The summed E-state index contributed by atoms with van der Waals surface area (Å²) in [5, 5.41) is 0. The van der Waals surface area contributed by atoms with Gasteiger partial charge in [0.15, 0.2) is 0 Å². The van der Waals surface area contributed by atoms with Gasteiger partial charge in [-0.2, -0.15) is 0 Å². The van der Waals surface area contributed by atoms with Gasteiger partial charge in [-0.05, 0) is 86.9 Å². The lowest BCUT2D eigenvalue weighted by molar-refractivity contribution is -0.102. The minimum Gasteiger partial charge on any atom is -0.0654 e. The van der Waals surface area contributed by atoms with E-state index in [2.05, 4.69) is 13.8 Å². The van der Waals surface area contributed by atoms with Crippen molar-refractivity contribution in [3.05, 3.63) is 0 Å². The summed E-state index contributed by atoms with van der Waals surface area (Å²) in [6.45, 7) is 4.65. The molecule has 0 heteroatoms. The second kappa shape index (κ2) is 12.9. The highest BCUT2D eigenvalue weighted by molar-refractivity contribution is 5.06. The zero-order valence-electron chi connectivity index (χ0n) is 21.1. The Hall–Kier alpha value is 0. The molecule has 0 N–H and O–H groups in total. The summed E-state index contributed by atoms with van der Waals surface area (Å²) in [5.74, 6) is 2.18. The van der Waals surface area contributed by atoms with Gasteiger partial charge in [-0.15, -0.1) is 0 Å². The van der Waals surface area contributed by atoms with E-state index in [9.17, 15) is 0 Å². The first-order valence-corrected chi connectivity index (χ1v) is 14.7. The van der Waals surface area contributed by atoms with Gasteiger partial charge in [0, 0.05) is 0 Å². The fourth-order valence-corrected chi connectivity index (χ4v) is 7.83. The lowest BCUT2D eigenvalue weighted by atomic mass is 9.44. The molecule has 3 saturated carbocycles. The van der Waals surface area contributed by atoms with Gasteiger partial charge in [0.2, 0.25) is 0 Å². The largest absolute Gasteiger partial charge is 0.0654 e. The monoisotopic (exact) mass is 416 g/mol. The molecule has 0 aromatic carbocycles. The molecule has 2 spiro atoms. The van der Waals surface area contributed by atoms with Crippen LogP contribution in [0, 0.1) is 22.7 Å². The SMILES string of the molecule is CCCCCCCCC1CCC2(CC1)CC1(CCC(CCCCCCCC)CC1)C2. The summed E-state index contributed by atoms with van der Waals surface area (Å²) in [4.78, 5) is 0. The van der Waals surface area contributed by atoms with Crippen LogP contribution < -0.4 is 0 Å². The maximum absolute atomic E-state index is 2.32. The molecule has 0 amide bonds. The molecule has 0 aliphatic heterocycles. The lowest BCUT2D eigenvalue weighted by Gasteiger charge is -2.61. The van der Waals surface area contributed by atoms with E-state index in [0.717, 1.165) is 22.7 Å². The van der Waals surface area contributed by atoms with E-state index in [1.807, 2.05) is 0 Å². The van der Waals surface area contributed by atoms with Gasteiger partial charge in [-0.3, -0.25) is 0 Å². The van der Waals surface area contributed by atoms with Gasteiger partial charge in [0.25, 0.3) is 0 Å². The van der Waals surface area contributed by atoms with Crippen molar-refractivity contribution in [1.29, 1.82) is 0 Å². The molecule has 3 aliphatic rings. The molecular formula is C30H56. The van der Waals surface area contributed by atoms with Crippen molar-refractivity contribution in [2.24, 2.45) is 22.7 Å². The van der Waals surface area contributed by atoms with E-state index in [0.29, 0.717) is 0 Å². The second-order valence-corrected chi connectivity index (χ2v) is 12.4. The Morgan fingerprint density at radius 2 is 0.800 bits per heavy atom. The highest BCUT2D eigenvalue weighted by Crippen LogP contribution is 2.67. The predicted octanol–water partition coefficient (Wildman–Crippen LogP) is 10.6. The summed E-state index contributed by atoms with van der Waals surface area (Å²) < 4.78 is 0. The highest BCUT2D eigenvalue weighted by Gasteiger charge is 2.55. The van der Waals surface area contributed by atoms with Gasteiger partial charge in [-0.1, -0.05) is 104 Å². The molecule has 0 aromatic rings. The Balaban J connectivity index is 1.22. The summed E-state index contributed by atoms with van der Waals surface area (Å²) in [6, 6.07) is 0. The third-order valence-corrected chi connectivity index (χ3v) is 9.76. The van der Waals surface area contributed by atoms with Crippen molar-refractivity contribution in [2.45, 2.75) is 168 Å². The first-order chi connectivity index (χ1) is 14.7. The van der Waals surface area contributed by atoms with Gasteiger partial charge in [0.1, 0.15) is 0 Å². The molecule has 3 fully saturated rings. The number of hydrogen-bond acceptors (Lipinski definition) is 0. The Morgan fingerprint density at radius 1 is 0.467 bits per heavy atom. The maximum atomic E-state index is 2.32. The summed E-state index contributed by atoms with van der Waals surface area (Å²) in [7, 11) is 0. The number of hydrogen-bond donors (Lipinski definition) is 0. The Labute approximate surface area is 190 Å². The van der Waals surface area contributed by atoms with Crippen molar-refractivity contribution in [3.63, 3.8) is 0 Å². The fraction of sp³-hybridized carbons (Fsp3) is 1.00. The molecule has 0 unspecified atom stereocenters. The van der Waals surface area contributed by atoms with E-state index in [1.165, 1.54) is 77.0 Å². The molecule has 176 valence electrons. The highest BCUT2D eigenvalue weighted by atomic mass is 14.6. The quantitative estimate of drug-likeness (QED) is 0.247. The molecule has 30 heavy (non-hydrogen) atoms. The number of unbranched alkanes of at least 4 members (excludes halogenated alkanes) is 10. The van der Waals surface area contributed by atoms with E-state index >= 15 is 0 Å². The smallest absolute Gasteiger partial charge is 0.0287 e. The van der Waals surface area contributed by atoms with Crippen molar-refractivity contribution in [2.75, 3.05) is 0 Å². The van der Waals surface area contributed by atoms with Crippen LogP contribution in [-0.4, -0.2) is 0 Å². The standard InChI is InChI=1S/C30H56/c1-3-5-7-9-11-13-15-27-17-21-29(22-18-27)25-30(26-29)23-19-28(20-24-30)16-14-12-10-8-6-4-2/h27-28H,3-26H2,1-2H3. The minimum atomic E-state index is 0.823. The Bertz CT molecular complexity index is 383. The zero-order chi connectivity index (χ0) is 21.1. The average Bonchev–Trinajstić information content (AvgIpc) is 2.75. The molecule has 0 atom stereocenters. The van der Waals surface area contributed by atoms with Crippen LogP contribution in [0.15, 0.2) is 0 Å². The van der Waals surface area contributed by atoms with Gasteiger partial charge in [-0.25, -0.2) is 0 Å². The van der Waals surface area contributed by atoms with E-state index in [-0.39, 0.29) is 0 Å². The van der Waals surface area contributed by atoms with Crippen LogP contribution >= 0.6 is 0 Å². The van der Waals surface area contributed by atoms with E-state index in [4.69, 9.17) is 0 Å². The van der Waals surface area contributed by atoms with Crippen LogP contribution in [0.25, 0.3) is 0 Å². The fourth-order valence-electron chi connectivity index (χ4n) is 7.83. The van der Waals surface area contributed by atoms with Crippen molar-refractivity contribution in [3.8, 4) is 0 Å². The van der Waals surface area contributed by atoms with Crippen molar-refractivity contribution in [1.82, 2.24) is 0 Å². The average molecular weight is 417 g/mol. The maximum Gasteiger partial charge on any atom is -0.0287 e. The van der Waals surface area contributed by atoms with E-state index < -0.39 is 0 Å². The van der Waals surface area contributed by atoms with Crippen LogP contribution in [0.5, 0.6) is 0 Å². The van der Waals surface area contributed by atoms with Crippen LogP contribution in [-0.2, 0) is 0 Å². The van der Waals surface area contributed by atoms with Gasteiger partial charge < -0.3 is 0 Å². The topological polar surface area (TPSA) is 0 Å². The summed E-state index contributed by atoms with van der Waals surface area (Å²) in [6.07, 6.45) is 36.7. The molecule has 0 bridgehead atoms. The van der Waals surface area contributed by atoms with Crippen LogP contribution in [0.3, 0.4) is 0 Å². The van der Waals surface area contributed by atoms with Crippen molar-refractivity contribution >= 4 is 0 Å². The van der Waals surface area contributed by atoms with Crippen LogP contribution in [0.4, 0.5) is 0 Å². The molecular weight excluding hydrogens is 360 g/mol. The molecule has 0 nitrogen and oxygen atoms in total. The van der Waals surface area contributed by atoms with Crippen LogP contribution in [0.2, 0.25) is 0 Å². The Kier molecular flexibility index (Phi) is 10.6. The summed E-state index contributed by atoms with van der Waals surface area (Å²) >= 11 is 0. The zero-order valence-corrected chi connectivity index (χ0v) is 21.1. The first kappa shape index (κ1) is 24.6. The third kappa shape index (κ3) is 7.55. The molecule has 3 aliphatic carbocycles. The molecule has 0 saturated heterocycles. The second-order valence-electron chi connectivity index (χ2n) is 12.4. The summed E-state index contributed by atoms with van der Waals surface area (Å²) in [5.41, 5.74) is 1.65. The van der Waals surface area contributed by atoms with Gasteiger partial charge in [0.05, 0.1) is 0 Å². The van der Waals surface area contributed by atoms with Crippen LogP contribution in [0.1, 0.15) is 168 Å². The first-order valence-electron chi connectivity index (χ1n) is 14.7. The molecule has 0 aromatic heterocycles. The molecule has 0 radical (unpaired) electrons. The predicted molar refractivity (Wildman–Crippen MR) is 134 cm³/mol. The lowest BCUT2D eigenvalue weighted by Crippen LogP contribution is -2.49. The molecule has 3 rings (SSSR count). The third-order valence-electron chi connectivity index (χ3n) is 9.76. The van der Waals surface area contributed by atoms with Crippen molar-refractivity contribution < 1.29 is 0 Å². The molecule has 0 heterocycles. The minimum absolute atomic E-state index is 0.823. The number of rotatable bonds is 14.